The SMILES string of the molecule is O=C(NC1CSC1)c1ccc(C2=NOC(c3cc(Cl)cc(Cl)c3)(C(F)(F)F)C2Br)c2ccccc12. The second-order valence-electron chi connectivity index (χ2n) is 8.24. The van der Waals surface area contributed by atoms with Crippen molar-refractivity contribution < 1.29 is 22.8 Å². The van der Waals surface area contributed by atoms with Crippen LogP contribution in [0.1, 0.15) is 21.5 Å². The molecule has 5 rings (SSSR count). The molecule has 2 aliphatic heterocycles. The van der Waals surface area contributed by atoms with Crippen LogP contribution in [0.5, 0.6) is 0 Å². The van der Waals surface area contributed by atoms with E-state index in [1.54, 1.807) is 48.2 Å². The molecule has 0 bridgehead atoms. The fraction of sp³-hybridized carbons (Fsp3) is 0.250. The molecule has 0 saturated carbocycles. The molecule has 4 nitrogen and oxygen atoms in total. The number of nitrogens with one attached hydrogen (secondary N) is 1. The van der Waals surface area contributed by atoms with Crippen molar-refractivity contribution in [2.24, 2.45) is 5.16 Å². The van der Waals surface area contributed by atoms with E-state index in [0.29, 0.717) is 21.9 Å². The summed E-state index contributed by atoms with van der Waals surface area (Å²) in [5.41, 5.74) is -2.23. The molecule has 0 spiro atoms. The summed E-state index contributed by atoms with van der Waals surface area (Å²) in [6, 6.07) is 14.0. The van der Waals surface area contributed by atoms with Crippen LogP contribution in [0.25, 0.3) is 10.8 Å². The Bertz CT molecular complexity index is 1350. The third kappa shape index (κ3) is 4.20. The zero-order valence-electron chi connectivity index (χ0n) is 17.7. The number of benzene rings is 3. The zero-order chi connectivity index (χ0) is 25.0. The summed E-state index contributed by atoms with van der Waals surface area (Å²) in [4.78, 5) is 16.7. The lowest BCUT2D eigenvalue weighted by Gasteiger charge is -2.33. The predicted molar refractivity (Wildman–Crippen MR) is 137 cm³/mol. The molecule has 3 aromatic rings. The van der Waals surface area contributed by atoms with Crippen LogP contribution in [0.3, 0.4) is 0 Å². The lowest BCUT2D eigenvalue weighted by molar-refractivity contribution is -0.273. The maximum atomic E-state index is 14.6. The highest BCUT2D eigenvalue weighted by Gasteiger charge is 2.67. The lowest BCUT2D eigenvalue weighted by atomic mass is 9.85. The standard InChI is InChI=1S/C24H16BrCl2F3N2O2S/c25-21-20(32-34-23(21,24(28,29)30)12-7-13(26)9-14(27)8-12)18-5-6-19(17-4-2-1-3-16(17)18)22(33)31-15-10-35-11-15/h1-9,15,21H,10-11H2,(H,31,33). The van der Waals surface area contributed by atoms with Crippen molar-refractivity contribution in [2.45, 2.75) is 22.6 Å². The number of hydrogen-bond acceptors (Lipinski definition) is 4. The number of hydrogen-bond donors (Lipinski definition) is 1. The summed E-state index contributed by atoms with van der Waals surface area (Å²) >= 11 is 17.0. The van der Waals surface area contributed by atoms with E-state index >= 15 is 0 Å². The second kappa shape index (κ2) is 9.18. The van der Waals surface area contributed by atoms with E-state index in [1.165, 1.54) is 6.07 Å². The van der Waals surface area contributed by atoms with Gasteiger partial charge in [0.1, 0.15) is 10.5 Å². The van der Waals surface area contributed by atoms with Gasteiger partial charge in [0.15, 0.2) is 0 Å². The number of amides is 1. The Morgan fingerprint density at radius 3 is 2.34 bits per heavy atom. The van der Waals surface area contributed by atoms with Gasteiger partial charge in [-0.1, -0.05) is 74.6 Å². The van der Waals surface area contributed by atoms with E-state index < -0.39 is 16.6 Å². The first-order chi connectivity index (χ1) is 16.6. The van der Waals surface area contributed by atoms with Gasteiger partial charge in [-0.25, -0.2) is 0 Å². The number of nitrogens with zero attached hydrogens (tertiary/aromatic N) is 1. The summed E-state index contributed by atoms with van der Waals surface area (Å²) in [7, 11) is 0. The Morgan fingerprint density at radius 1 is 1.09 bits per heavy atom. The maximum Gasteiger partial charge on any atom is 0.436 e. The number of carbonyl (C=O) groups excluding carboxylic acids is 1. The fourth-order valence-electron chi connectivity index (χ4n) is 4.22. The summed E-state index contributed by atoms with van der Waals surface area (Å²) in [5, 5.41) is 8.15. The molecule has 2 aliphatic rings. The second-order valence-corrected chi connectivity index (χ2v) is 11.1. The average molecular weight is 604 g/mol. The number of thioether (sulfide) groups is 1. The Hall–Kier alpha value is -1.94. The molecule has 0 aliphatic carbocycles. The van der Waals surface area contributed by atoms with Gasteiger partial charge >= 0.3 is 6.18 Å². The van der Waals surface area contributed by atoms with Gasteiger partial charge in [-0.2, -0.15) is 24.9 Å². The van der Waals surface area contributed by atoms with Crippen LogP contribution in [0.15, 0.2) is 59.8 Å². The molecule has 1 amide bonds. The number of halogens is 6. The molecule has 0 radical (unpaired) electrons. The molecule has 2 atom stereocenters. The van der Waals surface area contributed by atoms with Crippen molar-refractivity contribution in [3.05, 3.63) is 81.3 Å². The van der Waals surface area contributed by atoms with Gasteiger partial charge in [-0.05, 0) is 35.0 Å². The van der Waals surface area contributed by atoms with E-state index in [9.17, 15) is 18.0 Å². The number of rotatable bonds is 4. The van der Waals surface area contributed by atoms with Gasteiger partial charge in [0.2, 0.25) is 0 Å². The van der Waals surface area contributed by atoms with E-state index in [-0.39, 0.29) is 33.3 Å². The molecule has 2 heterocycles. The third-order valence-electron chi connectivity index (χ3n) is 6.02. The molecular weight excluding hydrogens is 588 g/mol. The minimum Gasteiger partial charge on any atom is -0.373 e. The van der Waals surface area contributed by atoms with Gasteiger partial charge in [-0.3, -0.25) is 4.79 Å². The smallest absolute Gasteiger partial charge is 0.373 e. The van der Waals surface area contributed by atoms with E-state index in [4.69, 9.17) is 28.0 Å². The van der Waals surface area contributed by atoms with Crippen LogP contribution in [0.4, 0.5) is 13.2 Å². The normalized spacial score (nSPS) is 22.5. The fourth-order valence-corrected chi connectivity index (χ4v) is 6.32. The first-order valence-electron chi connectivity index (χ1n) is 10.5. The van der Waals surface area contributed by atoms with E-state index in [1.807, 2.05) is 0 Å². The van der Waals surface area contributed by atoms with Crippen molar-refractivity contribution in [3.63, 3.8) is 0 Å². The van der Waals surface area contributed by atoms with Gasteiger partial charge in [0, 0.05) is 44.3 Å². The van der Waals surface area contributed by atoms with Crippen LogP contribution in [0, 0.1) is 0 Å². The van der Waals surface area contributed by atoms with Crippen molar-refractivity contribution >= 4 is 73.3 Å². The number of carbonyl (C=O) groups is 1. The van der Waals surface area contributed by atoms with Gasteiger partial charge in [0.05, 0.1) is 0 Å². The number of oxime groups is 1. The summed E-state index contributed by atoms with van der Waals surface area (Å²) in [6.07, 6.45) is -4.86. The Balaban J connectivity index is 1.59. The molecule has 1 fully saturated rings. The van der Waals surface area contributed by atoms with E-state index in [0.717, 1.165) is 23.6 Å². The highest BCUT2D eigenvalue weighted by molar-refractivity contribution is 9.10. The highest BCUT2D eigenvalue weighted by atomic mass is 79.9. The molecule has 182 valence electrons. The monoisotopic (exact) mass is 602 g/mol. The molecule has 11 heteroatoms. The molecule has 0 aromatic heterocycles. The Kier molecular flexibility index (Phi) is 6.49. The van der Waals surface area contributed by atoms with E-state index in [2.05, 4.69) is 26.4 Å². The minimum atomic E-state index is -4.86. The molecule has 1 N–H and O–H groups in total. The van der Waals surface area contributed by atoms with Crippen LogP contribution < -0.4 is 5.32 Å². The average Bonchev–Trinajstić information content (AvgIpc) is 3.12. The molecule has 2 unspecified atom stereocenters. The highest BCUT2D eigenvalue weighted by Crippen LogP contribution is 2.52. The topological polar surface area (TPSA) is 50.7 Å². The summed E-state index contributed by atoms with van der Waals surface area (Å²) in [6.45, 7) is 0. The van der Waals surface area contributed by atoms with Gasteiger partial charge in [-0.15, -0.1) is 0 Å². The summed E-state index contributed by atoms with van der Waals surface area (Å²) < 4.78 is 43.7. The van der Waals surface area contributed by atoms with Crippen LogP contribution in [0.2, 0.25) is 10.0 Å². The van der Waals surface area contributed by atoms with Crippen LogP contribution >= 0.6 is 50.9 Å². The van der Waals surface area contributed by atoms with Gasteiger partial charge < -0.3 is 10.2 Å². The maximum absolute atomic E-state index is 14.6. The largest absolute Gasteiger partial charge is 0.436 e. The lowest BCUT2D eigenvalue weighted by Crippen LogP contribution is -2.50. The zero-order valence-corrected chi connectivity index (χ0v) is 21.6. The Labute approximate surface area is 221 Å². The van der Waals surface area contributed by atoms with Crippen LogP contribution in [-0.4, -0.2) is 40.2 Å². The molecular formula is C24H16BrCl2F3N2O2S. The Morgan fingerprint density at radius 2 is 1.74 bits per heavy atom. The van der Waals surface area contributed by atoms with Crippen molar-refractivity contribution in [2.75, 3.05) is 11.5 Å². The molecule has 3 aromatic carbocycles. The molecule has 1 saturated heterocycles. The minimum absolute atomic E-state index is 0.0389. The predicted octanol–water partition coefficient (Wildman–Crippen LogP) is 6.95. The number of alkyl halides is 4. The number of fused-ring (bicyclic) bond motifs is 1. The van der Waals surface area contributed by atoms with Crippen LogP contribution in [-0.2, 0) is 10.4 Å². The van der Waals surface area contributed by atoms with Crippen molar-refractivity contribution in [1.29, 1.82) is 0 Å². The van der Waals surface area contributed by atoms with Crippen molar-refractivity contribution in [3.8, 4) is 0 Å². The first kappa shape index (κ1) is 24.7. The molecule has 35 heavy (non-hydrogen) atoms. The quantitative estimate of drug-likeness (QED) is 0.328. The van der Waals surface area contributed by atoms with Gasteiger partial charge in [0.25, 0.3) is 11.5 Å². The summed E-state index contributed by atoms with van der Waals surface area (Å²) in [5.74, 6) is 1.49. The van der Waals surface area contributed by atoms with Crippen molar-refractivity contribution in [1.82, 2.24) is 5.32 Å². The third-order valence-corrected chi connectivity index (χ3v) is 8.81. The first-order valence-corrected chi connectivity index (χ1v) is 13.3.